The zero-order valence-electron chi connectivity index (χ0n) is 14.2. The summed E-state index contributed by atoms with van der Waals surface area (Å²) in [7, 11) is 0. The molecule has 0 radical (unpaired) electrons. The number of nitrogens with one attached hydrogen (secondary N) is 1. The van der Waals surface area contributed by atoms with Gasteiger partial charge in [0.1, 0.15) is 17.3 Å². The van der Waals surface area contributed by atoms with Gasteiger partial charge in [-0.15, -0.1) is 0 Å². The monoisotopic (exact) mass is 382 g/mol. The highest BCUT2D eigenvalue weighted by Crippen LogP contribution is 2.28. The van der Waals surface area contributed by atoms with Crippen LogP contribution in [0.4, 0.5) is 8.78 Å². The lowest BCUT2D eigenvalue weighted by Crippen LogP contribution is -2.08. The topological polar surface area (TPSA) is 45.8 Å². The molecule has 0 spiro atoms. The Hall–Kier alpha value is -3.05. The standard InChI is InChI=1S/C21H13ClF2N2O/c1-11-2-7-17(23)18(19(11)24)20(27)16-10-26-21-15(16)8-13(9-25-21)12-3-5-14(22)6-4-12/h2-10H,1H3,(H,25,26). The number of ketones is 1. The first-order valence-corrected chi connectivity index (χ1v) is 8.56. The first-order valence-electron chi connectivity index (χ1n) is 8.18. The van der Waals surface area contributed by atoms with E-state index in [2.05, 4.69) is 9.97 Å². The van der Waals surface area contributed by atoms with Crippen molar-refractivity contribution < 1.29 is 13.6 Å². The predicted molar refractivity (Wildman–Crippen MR) is 101 cm³/mol. The molecule has 2 aromatic heterocycles. The molecule has 0 saturated carbocycles. The van der Waals surface area contributed by atoms with Gasteiger partial charge in [0.2, 0.25) is 5.78 Å². The molecule has 0 amide bonds. The number of H-pyrrole nitrogens is 1. The van der Waals surface area contributed by atoms with Crippen LogP contribution in [0, 0.1) is 18.6 Å². The maximum atomic E-state index is 14.4. The van der Waals surface area contributed by atoms with Crippen LogP contribution in [0.3, 0.4) is 0 Å². The van der Waals surface area contributed by atoms with Gasteiger partial charge in [-0.3, -0.25) is 4.79 Å². The van der Waals surface area contributed by atoms with Gasteiger partial charge in [0.05, 0.1) is 5.56 Å². The van der Waals surface area contributed by atoms with Crippen LogP contribution in [-0.2, 0) is 0 Å². The van der Waals surface area contributed by atoms with Crippen LogP contribution in [0.15, 0.2) is 54.9 Å². The van der Waals surface area contributed by atoms with Gasteiger partial charge in [-0.1, -0.05) is 29.8 Å². The van der Waals surface area contributed by atoms with Crippen molar-refractivity contribution in [1.29, 1.82) is 0 Å². The van der Waals surface area contributed by atoms with Crippen LogP contribution in [0.5, 0.6) is 0 Å². The molecule has 4 rings (SSSR count). The molecule has 0 saturated heterocycles. The second-order valence-electron chi connectivity index (χ2n) is 6.21. The number of aryl methyl sites for hydroxylation is 1. The Kier molecular flexibility index (Phi) is 4.24. The largest absolute Gasteiger partial charge is 0.345 e. The predicted octanol–water partition coefficient (Wildman–Crippen LogP) is 5.70. The Morgan fingerprint density at radius 2 is 1.81 bits per heavy atom. The minimum atomic E-state index is -0.890. The number of hydrogen-bond acceptors (Lipinski definition) is 2. The number of halogens is 3. The van der Waals surface area contributed by atoms with E-state index >= 15 is 0 Å². The quantitative estimate of drug-likeness (QED) is 0.462. The highest BCUT2D eigenvalue weighted by atomic mass is 35.5. The third-order valence-electron chi connectivity index (χ3n) is 4.46. The lowest BCUT2D eigenvalue weighted by atomic mass is 9.99. The summed E-state index contributed by atoms with van der Waals surface area (Å²) >= 11 is 5.92. The van der Waals surface area contributed by atoms with Crippen molar-refractivity contribution in [1.82, 2.24) is 9.97 Å². The van der Waals surface area contributed by atoms with Crippen LogP contribution in [0.1, 0.15) is 21.5 Å². The molecule has 134 valence electrons. The Bertz CT molecular complexity index is 1180. The molecule has 0 atom stereocenters. The van der Waals surface area contributed by atoms with Crippen molar-refractivity contribution >= 4 is 28.4 Å². The number of rotatable bonds is 3. The van der Waals surface area contributed by atoms with E-state index in [1.165, 1.54) is 19.2 Å². The van der Waals surface area contributed by atoms with Crippen LogP contribution in [0.2, 0.25) is 5.02 Å². The maximum Gasteiger partial charge on any atom is 0.201 e. The lowest BCUT2D eigenvalue weighted by molar-refractivity contribution is 0.103. The van der Waals surface area contributed by atoms with Crippen molar-refractivity contribution in [2.24, 2.45) is 0 Å². The Balaban J connectivity index is 1.86. The van der Waals surface area contributed by atoms with Gasteiger partial charge in [0.25, 0.3) is 0 Å². The zero-order valence-corrected chi connectivity index (χ0v) is 14.9. The van der Waals surface area contributed by atoms with Crippen LogP contribution >= 0.6 is 11.6 Å². The second kappa shape index (κ2) is 6.59. The number of hydrogen-bond donors (Lipinski definition) is 1. The van der Waals surface area contributed by atoms with Crippen LogP contribution in [0.25, 0.3) is 22.2 Å². The van der Waals surface area contributed by atoms with Gasteiger partial charge < -0.3 is 4.98 Å². The molecule has 0 aliphatic carbocycles. The van der Waals surface area contributed by atoms with Crippen LogP contribution < -0.4 is 0 Å². The smallest absolute Gasteiger partial charge is 0.201 e. The number of fused-ring (bicyclic) bond motifs is 1. The van der Waals surface area contributed by atoms with Crippen LogP contribution in [-0.4, -0.2) is 15.8 Å². The number of nitrogens with zero attached hydrogens (tertiary/aromatic N) is 1. The number of carbonyl (C=O) groups excluding carboxylic acids is 1. The summed E-state index contributed by atoms with van der Waals surface area (Å²) in [4.78, 5) is 20.1. The highest BCUT2D eigenvalue weighted by molar-refractivity contribution is 6.30. The summed E-state index contributed by atoms with van der Waals surface area (Å²) in [6.07, 6.45) is 3.08. The normalized spacial score (nSPS) is 11.1. The summed E-state index contributed by atoms with van der Waals surface area (Å²) < 4.78 is 28.5. The molecule has 1 N–H and O–H groups in total. The summed E-state index contributed by atoms with van der Waals surface area (Å²) in [5.41, 5.74) is 1.90. The van der Waals surface area contributed by atoms with Gasteiger partial charge in [-0.05, 0) is 42.3 Å². The van der Waals surface area contributed by atoms with E-state index < -0.39 is 23.0 Å². The van der Waals surface area contributed by atoms with Crippen molar-refractivity contribution in [3.8, 4) is 11.1 Å². The average molecular weight is 383 g/mol. The van der Waals surface area contributed by atoms with E-state index in [-0.39, 0.29) is 11.1 Å². The molecule has 0 bridgehead atoms. The Labute approximate surface area is 158 Å². The van der Waals surface area contributed by atoms with Crippen molar-refractivity contribution in [2.75, 3.05) is 0 Å². The molecule has 0 aliphatic rings. The van der Waals surface area contributed by atoms with Gasteiger partial charge in [-0.2, -0.15) is 0 Å². The van der Waals surface area contributed by atoms with E-state index in [0.717, 1.165) is 17.2 Å². The molecule has 2 heterocycles. The number of benzene rings is 2. The van der Waals surface area contributed by atoms with Gasteiger partial charge in [0, 0.05) is 33.9 Å². The Morgan fingerprint density at radius 1 is 1.07 bits per heavy atom. The van der Waals surface area contributed by atoms with Gasteiger partial charge in [-0.25, -0.2) is 13.8 Å². The first-order chi connectivity index (χ1) is 13.0. The SMILES string of the molecule is Cc1ccc(F)c(C(=O)c2c[nH]c3ncc(-c4ccc(Cl)cc4)cc23)c1F. The number of pyridine rings is 1. The minimum absolute atomic E-state index is 0.164. The van der Waals surface area contributed by atoms with Gasteiger partial charge >= 0.3 is 0 Å². The number of aromatic amines is 1. The molecule has 0 unspecified atom stereocenters. The molecular formula is C21H13ClF2N2O. The molecule has 3 nitrogen and oxygen atoms in total. The first kappa shape index (κ1) is 17.4. The molecule has 6 heteroatoms. The minimum Gasteiger partial charge on any atom is -0.345 e. The number of aromatic nitrogens is 2. The van der Waals surface area contributed by atoms with E-state index in [4.69, 9.17) is 11.6 Å². The summed E-state index contributed by atoms with van der Waals surface area (Å²) in [5, 5.41) is 1.10. The maximum absolute atomic E-state index is 14.4. The zero-order chi connectivity index (χ0) is 19.1. The highest BCUT2D eigenvalue weighted by Gasteiger charge is 2.23. The summed E-state index contributed by atoms with van der Waals surface area (Å²) in [6, 6.07) is 11.3. The summed E-state index contributed by atoms with van der Waals surface area (Å²) in [5.74, 6) is -2.47. The second-order valence-corrected chi connectivity index (χ2v) is 6.65. The van der Waals surface area contributed by atoms with E-state index in [1.54, 1.807) is 24.4 Å². The molecule has 2 aromatic carbocycles. The van der Waals surface area contributed by atoms with E-state index in [9.17, 15) is 13.6 Å². The van der Waals surface area contributed by atoms with Crippen molar-refractivity contribution in [2.45, 2.75) is 6.92 Å². The molecule has 0 fully saturated rings. The Morgan fingerprint density at radius 3 is 2.56 bits per heavy atom. The van der Waals surface area contributed by atoms with Crippen molar-refractivity contribution in [3.05, 3.63) is 88.2 Å². The molecular weight excluding hydrogens is 370 g/mol. The fraction of sp³-hybridized carbons (Fsp3) is 0.0476. The summed E-state index contributed by atoms with van der Waals surface area (Å²) in [6.45, 7) is 1.49. The molecule has 0 aliphatic heterocycles. The fourth-order valence-electron chi connectivity index (χ4n) is 2.99. The van der Waals surface area contributed by atoms with Gasteiger partial charge in [0.15, 0.2) is 0 Å². The molecule has 27 heavy (non-hydrogen) atoms. The van der Waals surface area contributed by atoms with E-state index in [1.807, 2.05) is 12.1 Å². The average Bonchev–Trinajstić information content (AvgIpc) is 3.09. The fourth-order valence-corrected chi connectivity index (χ4v) is 3.12. The number of carbonyl (C=O) groups is 1. The third kappa shape index (κ3) is 3.00. The lowest BCUT2D eigenvalue weighted by Gasteiger charge is -2.06. The third-order valence-corrected chi connectivity index (χ3v) is 4.72. The van der Waals surface area contributed by atoms with Crippen molar-refractivity contribution in [3.63, 3.8) is 0 Å². The molecule has 4 aromatic rings. The van der Waals surface area contributed by atoms with E-state index in [0.29, 0.717) is 16.1 Å².